The van der Waals surface area contributed by atoms with Crippen LogP contribution in [-0.2, 0) is 9.59 Å². The lowest BCUT2D eigenvalue weighted by molar-refractivity contribution is -0.137. The number of likely N-dealkylation sites (tertiary alicyclic amines) is 1. The minimum atomic E-state index is -0.403. The molecule has 0 radical (unpaired) electrons. The molecule has 0 saturated carbocycles. The molecule has 136 valence electrons. The highest BCUT2D eigenvalue weighted by Gasteiger charge is 2.29. The highest BCUT2D eigenvalue weighted by molar-refractivity contribution is 5.85. The van der Waals surface area contributed by atoms with Crippen molar-refractivity contribution in [1.29, 1.82) is 0 Å². The van der Waals surface area contributed by atoms with Crippen molar-refractivity contribution >= 4 is 24.2 Å². The van der Waals surface area contributed by atoms with E-state index < -0.39 is 6.04 Å². The second kappa shape index (κ2) is 11.7. The van der Waals surface area contributed by atoms with Crippen LogP contribution in [0.5, 0.6) is 0 Å². The predicted molar refractivity (Wildman–Crippen MR) is 96.5 cm³/mol. The number of nitrogens with two attached hydrogens (primary N) is 1. The number of amides is 2. The molecule has 1 rings (SSSR count). The zero-order valence-electron chi connectivity index (χ0n) is 14.8. The number of unbranched alkanes of at least 4 members (excludes halogenated alkanes) is 2. The zero-order valence-corrected chi connectivity index (χ0v) is 15.7. The van der Waals surface area contributed by atoms with E-state index in [0.29, 0.717) is 19.0 Å². The number of piperidine rings is 1. The Kier molecular flexibility index (Phi) is 11.3. The summed E-state index contributed by atoms with van der Waals surface area (Å²) in [5.74, 6) is 0.655. The van der Waals surface area contributed by atoms with E-state index in [-0.39, 0.29) is 30.1 Å². The Balaban J connectivity index is 0.00000484. The molecule has 1 atom stereocenters. The van der Waals surface area contributed by atoms with Crippen LogP contribution in [0.1, 0.15) is 59.3 Å². The van der Waals surface area contributed by atoms with Gasteiger partial charge in [0.1, 0.15) is 0 Å². The number of nitrogens with zero attached hydrogens (tertiary/aromatic N) is 1. The molecule has 0 unspecified atom stereocenters. The molecule has 3 N–H and O–H groups in total. The lowest BCUT2D eigenvalue weighted by atomic mass is 9.94. The van der Waals surface area contributed by atoms with E-state index in [1.54, 1.807) is 0 Å². The van der Waals surface area contributed by atoms with Crippen molar-refractivity contribution in [2.24, 2.45) is 17.6 Å². The first kappa shape index (κ1) is 22.2. The fraction of sp³-hybridized carbons (Fsp3) is 0.882. The van der Waals surface area contributed by atoms with Gasteiger partial charge in [-0.25, -0.2) is 0 Å². The molecule has 0 aromatic rings. The SMILES string of the molecule is CCCCCNC(=O)C1CCN(C(=O)[C@@H](N)CC(C)C)CC1.Cl. The van der Waals surface area contributed by atoms with Gasteiger partial charge in [0, 0.05) is 25.6 Å². The van der Waals surface area contributed by atoms with E-state index >= 15 is 0 Å². The quantitative estimate of drug-likeness (QED) is 0.662. The second-order valence-corrected chi connectivity index (χ2v) is 6.83. The molecule has 0 spiro atoms. The van der Waals surface area contributed by atoms with E-state index in [1.807, 2.05) is 4.90 Å². The van der Waals surface area contributed by atoms with Crippen LogP contribution in [0, 0.1) is 11.8 Å². The Morgan fingerprint density at radius 2 is 1.83 bits per heavy atom. The van der Waals surface area contributed by atoms with Gasteiger partial charge in [-0.1, -0.05) is 33.6 Å². The number of carbonyl (C=O) groups excluding carboxylic acids is 2. The molecular weight excluding hydrogens is 314 g/mol. The molecule has 5 nitrogen and oxygen atoms in total. The number of rotatable bonds is 8. The van der Waals surface area contributed by atoms with Gasteiger partial charge in [-0.3, -0.25) is 9.59 Å². The van der Waals surface area contributed by atoms with Crippen LogP contribution >= 0.6 is 12.4 Å². The van der Waals surface area contributed by atoms with Crippen LogP contribution in [0.2, 0.25) is 0 Å². The van der Waals surface area contributed by atoms with Crippen molar-refractivity contribution in [3.8, 4) is 0 Å². The fourth-order valence-corrected chi connectivity index (χ4v) is 2.94. The monoisotopic (exact) mass is 347 g/mol. The van der Waals surface area contributed by atoms with Gasteiger partial charge >= 0.3 is 0 Å². The van der Waals surface area contributed by atoms with Crippen molar-refractivity contribution in [3.63, 3.8) is 0 Å². The number of hydrogen-bond donors (Lipinski definition) is 2. The van der Waals surface area contributed by atoms with Crippen molar-refractivity contribution in [2.75, 3.05) is 19.6 Å². The third kappa shape index (κ3) is 8.02. The maximum atomic E-state index is 12.3. The predicted octanol–water partition coefficient (Wildman–Crippen LogP) is 2.33. The fourth-order valence-electron chi connectivity index (χ4n) is 2.94. The van der Waals surface area contributed by atoms with E-state index in [1.165, 1.54) is 0 Å². The topological polar surface area (TPSA) is 75.4 Å². The van der Waals surface area contributed by atoms with E-state index in [2.05, 4.69) is 26.1 Å². The Labute approximate surface area is 147 Å². The maximum absolute atomic E-state index is 12.3. The van der Waals surface area contributed by atoms with Crippen molar-refractivity contribution in [3.05, 3.63) is 0 Å². The largest absolute Gasteiger partial charge is 0.356 e. The lowest BCUT2D eigenvalue weighted by Gasteiger charge is -2.33. The minimum absolute atomic E-state index is 0. The van der Waals surface area contributed by atoms with Gasteiger partial charge in [-0.05, 0) is 31.6 Å². The minimum Gasteiger partial charge on any atom is -0.356 e. The van der Waals surface area contributed by atoms with Crippen LogP contribution in [-0.4, -0.2) is 42.4 Å². The van der Waals surface area contributed by atoms with Gasteiger partial charge < -0.3 is 16.0 Å². The molecule has 6 heteroatoms. The van der Waals surface area contributed by atoms with Crippen LogP contribution in [0.3, 0.4) is 0 Å². The van der Waals surface area contributed by atoms with E-state index in [0.717, 1.165) is 45.1 Å². The Bertz CT molecular complexity index is 356. The first-order chi connectivity index (χ1) is 10.5. The molecular formula is C17H34ClN3O2. The molecule has 0 aliphatic carbocycles. The molecule has 2 amide bonds. The number of hydrogen-bond acceptors (Lipinski definition) is 3. The number of nitrogens with one attached hydrogen (secondary N) is 1. The summed E-state index contributed by atoms with van der Waals surface area (Å²) in [5, 5.41) is 3.01. The third-order valence-corrected chi connectivity index (χ3v) is 4.30. The van der Waals surface area contributed by atoms with Crippen LogP contribution in [0.25, 0.3) is 0 Å². The highest BCUT2D eigenvalue weighted by atomic mass is 35.5. The summed E-state index contributed by atoms with van der Waals surface area (Å²) in [6.07, 6.45) is 5.58. The molecule has 0 aromatic carbocycles. The summed E-state index contributed by atoms with van der Waals surface area (Å²) in [6.45, 7) is 8.36. The first-order valence-corrected chi connectivity index (χ1v) is 8.77. The van der Waals surface area contributed by atoms with E-state index in [9.17, 15) is 9.59 Å². The Morgan fingerprint density at radius 3 is 2.35 bits per heavy atom. The van der Waals surface area contributed by atoms with Gasteiger partial charge in [0.2, 0.25) is 11.8 Å². The summed E-state index contributed by atoms with van der Waals surface area (Å²) < 4.78 is 0. The van der Waals surface area contributed by atoms with Crippen LogP contribution in [0.4, 0.5) is 0 Å². The zero-order chi connectivity index (χ0) is 16.5. The molecule has 1 aliphatic rings. The van der Waals surface area contributed by atoms with Gasteiger partial charge in [0.25, 0.3) is 0 Å². The maximum Gasteiger partial charge on any atom is 0.239 e. The summed E-state index contributed by atoms with van der Waals surface area (Å²) in [6, 6.07) is -0.403. The van der Waals surface area contributed by atoms with Crippen molar-refractivity contribution in [1.82, 2.24) is 10.2 Å². The van der Waals surface area contributed by atoms with Gasteiger partial charge in [0.15, 0.2) is 0 Å². The molecule has 1 saturated heterocycles. The van der Waals surface area contributed by atoms with Gasteiger partial charge in [0.05, 0.1) is 6.04 Å². The van der Waals surface area contributed by atoms with Gasteiger partial charge in [-0.15, -0.1) is 12.4 Å². The Hall–Kier alpha value is -0.810. The molecule has 0 bridgehead atoms. The molecule has 0 aromatic heterocycles. The standard InChI is InChI=1S/C17H33N3O2.ClH/c1-4-5-6-9-19-16(21)14-7-10-20(11-8-14)17(22)15(18)12-13(2)3;/h13-15H,4-12,18H2,1-3H3,(H,19,21);1H/t15-;/m0./s1. The average Bonchev–Trinajstić information content (AvgIpc) is 2.50. The summed E-state index contributed by atoms with van der Waals surface area (Å²) in [4.78, 5) is 26.2. The smallest absolute Gasteiger partial charge is 0.239 e. The molecule has 23 heavy (non-hydrogen) atoms. The van der Waals surface area contributed by atoms with Crippen LogP contribution in [0.15, 0.2) is 0 Å². The van der Waals surface area contributed by atoms with Gasteiger partial charge in [-0.2, -0.15) is 0 Å². The Morgan fingerprint density at radius 1 is 1.22 bits per heavy atom. The molecule has 1 aliphatic heterocycles. The summed E-state index contributed by atoms with van der Waals surface area (Å²) in [5.41, 5.74) is 5.97. The molecule has 1 heterocycles. The van der Waals surface area contributed by atoms with Crippen LogP contribution < -0.4 is 11.1 Å². The number of halogens is 1. The van der Waals surface area contributed by atoms with E-state index in [4.69, 9.17) is 5.73 Å². The highest BCUT2D eigenvalue weighted by Crippen LogP contribution is 2.19. The molecule has 1 fully saturated rings. The lowest BCUT2D eigenvalue weighted by Crippen LogP contribution is -2.49. The normalized spacial score (nSPS) is 16.8. The summed E-state index contributed by atoms with van der Waals surface area (Å²) in [7, 11) is 0. The first-order valence-electron chi connectivity index (χ1n) is 8.77. The van der Waals surface area contributed by atoms with Crippen molar-refractivity contribution < 1.29 is 9.59 Å². The second-order valence-electron chi connectivity index (χ2n) is 6.83. The third-order valence-electron chi connectivity index (χ3n) is 4.30. The summed E-state index contributed by atoms with van der Waals surface area (Å²) >= 11 is 0. The number of carbonyl (C=O) groups is 2. The average molecular weight is 348 g/mol. The van der Waals surface area contributed by atoms with Crippen molar-refractivity contribution in [2.45, 2.75) is 65.3 Å².